The number of benzene rings is 1. The second kappa shape index (κ2) is 4.57. The van der Waals surface area contributed by atoms with E-state index in [0.717, 1.165) is 0 Å². The minimum Gasteiger partial charge on any atom is -0.340 e. The predicted molar refractivity (Wildman–Crippen MR) is 69.9 cm³/mol. The molecule has 0 radical (unpaired) electrons. The average Bonchev–Trinajstić information content (AvgIpc) is 2.93. The molecule has 3 aromatic rings. The largest absolute Gasteiger partial charge is 0.340 e. The highest BCUT2D eigenvalue weighted by Gasteiger charge is 2.14. The molecule has 0 unspecified atom stereocenters. The van der Waals surface area contributed by atoms with Crippen molar-refractivity contribution in [1.29, 1.82) is 5.41 Å². The Hall–Kier alpha value is -3.03. The molecule has 0 saturated heterocycles. The Morgan fingerprint density at radius 2 is 2.15 bits per heavy atom. The number of H-pyrrole nitrogens is 1. The van der Waals surface area contributed by atoms with Crippen molar-refractivity contribution >= 4 is 16.9 Å². The minimum atomic E-state index is -0.413. The third-order valence-corrected chi connectivity index (χ3v) is 2.98. The number of hydrogen-bond acceptors (Lipinski definition) is 5. The lowest BCUT2D eigenvalue weighted by Gasteiger charge is -2.07. The van der Waals surface area contributed by atoms with Crippen LogP contribution in [-0.4, -0.2) is 24.4 Å². The third-order valence-electron chi connectivity index (χ3n) is 2.98. The monoisotopic (exact) mass is 270 g/mol. The molecular weight excluding hydrogens is 260 g/mol. The van der Waals surface area contributed by atoms with Gasteiger partial charge in [-0.25, -0.2) is 9.97 Å². The fourth-order valence-electron chi connectivity index (χ4n) is 2.05. The number of rotatable bonds is 3. The molecule has 2 heterocycles. The van der Waals surface area contributed by atoms with E-state index in [-0.39, 0.29) is 17.7 Å². The van der Waals surface area contributed by atoms with E-state index >= 15 is 0 Å². The van der Waals surface area contributed by atoms with E-state index in [4.69, 9.17) is 5.41 Å². The predicted octanol–water partition coefficient (Wildman–Crippen LogP) is 1.20. The Balaban J connectivity index is 2.11. The van der Waals surface area contributed by atoms with Crippen LogP contribution < -0.4 is 5.49 Å². The summed E-state index contributed by atoms with van der Waals surface area (Å²) in [4.78, 5) is 21.5. The molecule has 2 aromatic heterocycles. The van der Waals surface area contributed by atoms with E-state index in [0.29, 0.717) is 16.7 Å². The second-order valence-corrected chi connectivity index (χ2v) is 4.21. The number of nitro groups is 1. The van der Waals surface area contributed by atoms with E-state index in [1.807, 2.05) is 0 Å². The Morgan fingerprint density at radius 1 is 1.35 bits per heavy atom. The van der Waals surface area contributed by atoms with E-state index in [9.17, 15) is 10.1 Å². The van der Waals surface area contributed by atoms with E-state index in [1.54, 1.807) is 22.8 Å². The fraction of sp³-hybridized carbons (Fsp3) is 0.0833. The first kappa shape index (κ1) is 12.0. The molecule has 0 saturated carbocycles. The maximum absolute atomic E-state index is 11.0. The van der Waals surface area contributed by atoms with Gasteiger partial charge in [0.2, 0.25) is 0 Å². The van der Waals surface area contributed by atoms with Gasteiger partial charge in [0.05, 0.1) is 24.1 Å². The molecular formula is C12H10N6O2. The van der Waals surface area contributed by atoms with Crippen molar-refractivity contribution in [3.05, 3.63) is 58.1 Å². The number of aromatic amines is 1. The number of imidazole rings is 1. The van der Waals surface area contributed by atoms with Crippen LogP contribution in [0, 0.1) is 15.5 Å². The zero-order valence-electron chi connectivity index (χ0n) is 10.3. The van der Waals surface area contributed by atoms with Gasteiger partial charge in [-0.1, -0.05) is 18.2 Å². The van der Waals surface area contributed by atoms with Crippen LogP contribution in [-0.2, 0) is 6.54 Å². The zero-order chi connectivity index (χ0) is 14.1. The number of para-hydroxylation sites is 1. The number of fused-ring (bicyclic) bond motifs is 1. The van der Waals surface area contributed by atoms with Crippen molar-refractivity contribution in [3.8, 4) is 0 Å². The lowest BCUT2D eigenvalue weighted by Crippen LogP contribution is -2.13. The van der Waals surface area contributed by atoms with Gasteiger partial charge in [0, 0.05) is 11.6 Å². The molecule has 8 heteroatoms. The third kappa shape index (κ3) is 1.92. The van der Waals surface area contributed by atoms with Crippen molar-refractivity contribution < 1.29 is 4.92 Å². The highest BCUT2D eigenvalue weighted by Crippen LogP contribution is 2.19. The first-order valence-corrected chi connectivity index (χ1v) is 5.82. The molecule has 8 nitrogen and oxygen atoms in total. The maximum Gasteiger partial charge on any atom is 0.274 e. The summed E-state index contributed by atoms with van der Waals surface area (Å²) in [5.74, 6) is 0. The molecule has 3 rings (SSSR count). The first-order chi connectivity index (χ1) is 9.66. The summed E-state index contributed by atoms with van der Waals surface area (Å²) in [6.07, 6.45) is 2.93. The Kier molecular flexibility index (Phi) is 2.75. The van der Waals surface area contributed by atoms with Crippen LogP contribution in [0.4, 0.5) is 5.69 Å². The van der Waals surface area contributed by atoms with Crippen molar-refractivity contribution in [3.63, 3.8) is 0 Å². The molecule has 2 N–H and O–H groups in total. The molecule has 0 atom stereocenters. The van der Waals surface area contributed by atoms with Gasteiger partial charge in [-0.3, -0.25) is 15.5 Å². The molecule has 0 aliphatic carbocycles. The maximum atomic E-state index is 11.0. The summed E-state index contributed by atoms with van der Waals surface area (Å²) in [7, 11) is 0. The Morgan fingerprint density at radius 3 is 2.95 bits per heavy atom. The van der Waals surface area contributed by atoms with Crippen molar-refractivity contribution in [2.24, 2.45) is 0 Å². The Bertz CT molecular complexity index is 850. The Labute approximate surface area is 112 Å². The van der Waals surface area contributed by atoms with Crippen molar-refractivity contribution in [2.45, 2.75) is 6.54 Å². The van der Waals surface area contributed by atoms with Gasteiger partial charge in [-0.15, -0.1) is 0 Å². The van der Waals surface area contributed by atoms with Gasteiger partial charge in [0.15, 0.2) is 11.1 Å². The van der Waals surface area contributed by atoms with Gasteiger partial charge in [-0.05, 0) is 0 Å². The number of nitrogens with one attached hydrogen (secondary N) is 2. The van der Waals surface area contributed by atoms with Gasteiger partial charge < -0.3 is 9.55 Å². The standard InChI is InChI=1S/C12H10N6O2/c13-11-10-12(15-6-14-10)17(7-16-11)5-8-3-1-2-4-9(8)18(19)20/h1-4,6-7,13H,5H2,(H,14,15). The quantitative estimate of drug-likeness (QED) is 0.549. The van der Waals surface area contributed by atoms with E-state index < -0.39 is 4.92 Å². The number of aromatic nitrogens is 4. The molecule has 0 amide bonds. The van der Waals surface area contributed by atoms with Crippen LogP contribution >= 0.6 is 0 Å². The molecule has 0 spiro atoms. The summed E-state index contributed by atoms with van der Waals surface area (Å²) in [5, 5.41) is 18.7. The summed E-state index contributed by atoms with van der Waals surface area (Å²) < 4.78 is 1.67. The zero-order valence-corrected chi connectivity index (χ0v) is 10.3. The van der Waals surface area contributed by atoms with E-state index in [1.165, 1.54) is 18.7 Å². The van der Waals surface area contributed by atoms with Gasteiger partial charge in [-0.2, -0.15) is 0 Å². The van der Waals surface area contributed by atoms with Crippen LogP contribution in [0.5, 0.6) is 0 Å². The summed E-state index contributed by atoms with van der Waals surface area (Å²) in [5.41, 5.74) is 1.76. The van der Waals surface area contributed by atoms with Gasteiger partial charge in [0.25, 0.3) is 5.69 Å². The van der Waals surface area contributed by atoms with Crippen molar-refractivity contribution in [1.82, 2.24) is 19.5 Å². The molecule has 100 valence electrons. The van der Waals surface area contributed by atoms with Crippen LogP contribution in [0.1, 0.15) is 5.56 Å². The van der Waals surface area contributed by atoms with Gasteiger partial charge >= 0.3 is 0 Å². The molecule has 20 heavy (non-hydrogen) atoms. The van der Waals surface area contributed by atoms with Crippen LogP contribution in [0.2, 0.25) is 0 Å². The minimum absolute atomic E-state index is 0.0543. The van der Waals surface area contributed by atoms with E-state index in [2.05, 4.69) is 15.0 Å². The summed E-state index contributed by atoms with van der Waals surface area (Å²) in [6, 6.07) is 6.53. The SMILES string of the molecule is N=c1ncn(Cc2ccccc2[N+](=O)[O-])c2nc[nH]c12. The molecule has 1 aromatic carbocycles. The lowest BCUT2D eigenvalue weighted by molar-refractivity contribution is -0.385. The van der Waals surface area contributed by atoms with Crippen LogP contribution in [0.25, 0.3) is 11.2 Å². The van der Waals surface area contributed by atoms with Crippen LogP contribution in [0.3, 0.4) is 0 Å². The van der Waals surface area contributed by atoms with Crippen molar-refractivity contribution in [2.75, 3.05) is 0 Å². The number of hydrogen-bond donors (Lipinski definition) is 2. The smallest absolute Gasteiger partial charge is 0.274 e. The molecule has 0 aliphatic rings. The second-order valence-electron chi connectivity index (χ2n) is 4.21. The van der Waals surface area contributed by atoms with Gasteiger partial charge in [0.1, 0.15) is 5.52 Å². The molecule has 0 aliphatic heterocycles. The fourth-order valence-corrected chi connectivity index (χ4v) is 2.05. The number of nitrogens with zero attached hydrogens (tertiary/aromatic N) is 4. The summed E-state index contributed by atoms with van der Waals surface area (Å²) >= 11 is 0. The average molecular weight is 270 g/mol. The molecule has 0 fully saturated rings. The molecule has 0 bridgehead atoms. The lowest BCUT2D eigenvalue weighted by atomic mass is 10.2. The highest BCUT2D eigenvalue weighted by atomic mass is 16.6. The highest BCUT2D eigenvalue weighted by molar-refractivity contribution is 5.68. The van der Waals surface area contributed by atoms with Crippen LogP contribution in [0.15, 0.2) is 36.9 Å². The first-order valence-electron chi connectivity index (χ1n) is 5.82. The summed E-state index contributed by atoms with van der Waals surface area (Å²) in [6.45, 7) is 0.270. The normalized spacial score (nSPS) is 10.8. The number of nitro benzene ring substituents is 1. The topological polar surface area (TPSA) is 113 Å².